The van der Waals surface area contributed by atoms with Gasteiger partial charge in [0.25, 0.3) is 0 Å². The Balaban J connectivity index is 2.05. The first-order valence-electron chi connectivity index (χ1n) is 4.87. The van der Waals surface area contributed by atoms with Crippen LogP contribution in [0, 0.1) is 0 Å². The average molecular weight is 275 g/mol. The highest BCUT2D eigenvalue weighted by Crippen LogP contribution is 2.48. The van der Waals surface area contributed by atoms with Gasteiger partial charge in [0, 0.05) is 0 Å². The SMILES string of the molecule is CC1(C)O[C@H]2[C@@H]3C=C[C@@](Br)(C(=O)O3)[C@H]2O1. The standard InChI is InChI=1S/C10H11BrO4/c1-9(2)14-6-5-3-4-10(11,7(6)15-9)8(12)13-5/h3-7H,1-2H3/t5-,6-,7-,10-/m0/s1. The van der Waals surface area contributed by atoms with Crippen molar-refractivity contribution in [2.24, 2.45) is 0 Å². The van der Waals surface area contributed by atoms with Crippen molar-refractivity contribution < 1.29 is 19.0 Å². The van der Waals surface area contributed by atoms with Crippen LogP contribution in [0.25, 0.3) is 0 Å². The van der Waals surface area contributed by atoms with Crippen molar-refractivity contribution in [1.82, 2.24) is 0 Å². The summed E-state index contributed by atoms with van der Waals surface area (Å²) in [6, 6.07) is 0. The maximum Gasteiger partial charge on any atom is 0.330 e. The summed E-state index contributed by atoms with van der Waals surface area (Å²) >= 11 is 3.39. The Hall–Kier alpha value is -0.390. The molecule has 0 spiro atoms. The van der Waals surface area contributed by atoms with Crippen LogP contribution in [-0.4, -0.2) is 34.4 Å². The molecule has 0 aromatic rings. The summed E-state index contributed by atoms with van der Waals surface area (Å²) in [7, 11) is 0. The Kier molecular flexibility index (Phi) is 1.73. The highest BCUT2D eigenvalue weighted by Gasteiger charge is 2.63. The minimum Gasteiger partial charge on any atom is -0.454 e. The fourth-order valence-electron chi connectivity index (χ4n) is 2.30. The van der Waals surface area contributed by atoms with Crippen LogP contribution in [0.4, 0.5) is 0 Å². The summed E-state index contributed by atoms with van der Waals surface area (Å²) in [6.07, 6.45) is 2.83. The number of rotatable bonds is 0. The fourth-order valence-corrected chi connectivity index (χ4v) is 2.90. The normalized spacial score (nSPS) is 50.3. The number of alkyl halides is 1. The lowest BCUT2D eigenvalue weighted by Gasteiger charge is -2.42. The molecule has 5 heteroatoms. The van der Waals surface area contributed by atoms with Gasteiger partial charge in [0.15, 0.2) is 10.1 Å². The summed E-state index contributed by atoms with van der Waals surface area (Å²) in [5, 5.41) is 0. The first kappa shape index (κ1) is 9.81. The lowest BCUT2D eigenvalue weighted by Crippen LogP contribution is -2.61. The Labute approximate surface area is 95.7 Å². The molecule has 2 fully saturated rings. The Morgan fingerprint density at radius 3 is 2.80 bits per heavy atom. The largest absolute Gasteiger partial charge is 0.454 e. The van der Waals surface area contributed by atoms with Crippen molar-refractivity contribution in [2.45, 2.75) is 42.3 Å². The van der Waals surface area contributed by atoms with Gasteiger partial charge in [0.2, 0.25) is 0 Å². The van der Waals surface area contributed by atoms with E-state index in [1.54, 1.807) is 6.08 Å². The monoisotopic (exact) mass is 274 g/mol. The number of esters is 1. The third-order valence-electron chi connectivity index (χ3n) is 2.95. The Morgan fingerprint density at radius 1 is 1.40 bits per heavy atom. The third kappa shape index (κ3) is 1.17. The van der Waals surface area contributed by atoms with E-state index in [0.29, 0.717) is 0 Å². The Bertz CT molecular complexity index is 364. The molecular weight excluding hydrogens is 264 g/mol. The molecular formula is C10H11BrO4. The molecule has 4 atom stereocenters. The van der Waals surface area contributed by atoms with Gasteiger partial charge in [-0.1, -0.05) is 22.0 Å². The number of carbonyl (C=O) groups excluding carboxylic acids is 1. The van der Waals surface area contributed by atoms with Crippen molar-refractivity contribution in [1.29, 1.82) is 0 Å². The van der Waals surface area contributed by atoms with Crippen LogP contribution in [0.1, 0.15) is 13.8 Å². The highest BCUT2D eigenvalue weighted by molar-refractivity contribution is 9.10. The van der Waals surface area contributed by atoms with E-state index >= 15 is 0 Å². The molecule has 0 aromatic heterocycles. The van der Waals surface area contributed by atoms with Crippen LogP contribution in [0.5, 0.6) is 0 Å². The van der Waals surface area contributed by atoms with E-state index in [1.807, 2.05) is 19.9 Å². The minimum atomic E-state index is -0.875. The summed E-state index contributed by atoms with van der Waals surface area (Å²) in [5.41, 5.74) is 0. The molecule has 3 aliphatic heterocycles. The number of carbonyl (C=O) groups is 1. The van der Waals surface area contributed by atoms with Gasteiger partial charge in [-0.15, -0.1) is 0 Å². The lowest BCUT2D eigenvalue weighted by atomic mass is 9.85. The van der Waals surface area contributed by atoms with Gasteiger partial charge in [-0.3, -0.25) is 4.79 Å². The van der Waals surface area contributed by atoms with Gasteiger partial charge < -0.3 is 14.2 Å². The number of fused-ring (bicyclic) bond motifs is 1. The molecule has 0 N–H and O–H groups in total. The Morgan fingerprint density at radius 2 is 2.13 bits per heavy atom. The van der Waals surface area contributed by atoms with Crippen molar-refractivity contribution in [3.63, 3.8) is 0 Å². The summed E-state index contributed by atoms with van der Waals surface area (Å²) < 4.78 is 15.8. The number of ether oxygens (including phenoxy) is 3. The van der Waals surface area contributed by atoms with Crippen molar-refractivity contribution in [2.75, 3.05) is 0 Å². The molecule has 82 valence electrons. The zero-order valence-electron chi connectivity index (χ0n) is 8.40. The number of halogens is 1. The van der Waals surface area contributed by atoms with Crippen LogP contribution in [0.3, 0.4) is 0 Å². The smallest absolute Gasteiger partial charge is 0.330 e. The average Bonchev–Trinajstić information content (AvgIpc) is 2.46. The van der Waals surface area contributed by atoms with E-state index in [2.05, 4.69) is 15.9 Å². The molecule has 1 aliphatic carbocycles. The molecule has 4 rings (SSSR count). The third-order valence-corrected chi connectivity index (χ3v) is 3.99. The molecule has 0 aromatic carbocycles. The first-order valence-corrected chi connectivity index (χ1v) is 5.67. The maximum absolute atomic E-state index is 11.7. The molecule has 0 radical (unpaired) electrons. The van der Waals surface area contributed by atoms with Crippen LogP contribution < -0.4 is 0 Å². The second-order valence-corrected chi connectivity index (χ2v) is 5.83. The topological polar surface area (TPSA) is 44.8 Å². The van der Waals surface area contributed by atoms with Crippen LogP contribution in [-0.2, 0) is 19.0 Å². The predicted octanol–water partition coefficient (Wildman–Crippen LogP) is 1.14. The predicted molar refractivity (Wildman–Crippen MR) is 54.5 cm³/mol. The van der Waals surface area contributed by atoms with Crippen LogP contribution >= 0.6 is 15.9 Å². The highest BCUT2D eigenvalue weighted by atomic mass is 79.9. The second kappa shape index (κ2) is 2.64. The lowest BCUT2D eigenvalue weighted by molar-refractivity contribution is -0.168. The van der Waals surface area contributed by atoms with Crippen molar-refractivity contribution >= 4 is 21.9 Å². The fraction of sp³-hybridized carbons (Fsp3) is 0.700. The van der Waals surface area contributed by atoms with Crippen LogP contribution in [0.2, 0.25) is 0 Å². The molecule has 0 amide bonds. The second-order valence-electron chi connectivity index (χ2n) is 4.52. The van der Waals surface area contributed by atoms with Gasteiger partial charge in [-0.05, 0) is 19.9 Å². The quantitative estimate of drug-likeness (QED) is 0.378. The molecule has 2 bridgehead atoms. The minimum absolute atomic E-state index is 0.206. The molecule has 15 heavy (non-hydrogen) atoms. The van der Waals surface area contributed by atoms with Gasteiger partial charge >= 0.3 is 5.97 Å². The zero-order chi connectivity index (χ0) is 10.8. The summed E-state index contributed by atoms with van der Waals surface area (Å²) in [4.78, 5) is 11.7. The van der Waals surface area contributed by atoms with E-state index in [1.165, 1.54) is 0 Å². The van der Waals surface area contributed by atoms with Crippen LogP contribution in [0.15, 0.2) is 12.2 Å². The zero-order valence-corrected chi connectivity index (χ0v) is 9.98. The number of hydrogen-bond acceptors (Lipinski definition) is 4. The summed E-state index contributed by atoms with van der Waals surface area (Å²) in [6.45, 7) is 3.68. The van der Waals surface area contributed by atoms with Gasteiger partial charge in [-0.2, -0.15) is 0 Å². The van der Waals surface area contributed by atoms with Crippen molar-refractivity contribution in [3.8, 4) is 0 Å². The molecule has 4 nitrogen and oxygen atoms in total. The molecule has 0 saturated carbocycles. The van der Waals surface area contributed by atoms with Gasteiger partial charge in [0.1, 0.15) is 18.3 Å². The summed E-state index contributed by atoms with van der Waals surface area (Å²) in [5.74, 6) is -0.954. The molecule has 2 saturated heterocycles. The van der Waals surface area contributed by atoms with Gasteiger partial charge in [-0.25, -0.2) is 0 Å². The van der Waals surface area contributed by atoms with E-state index in [0.717, 1.165) is 0 Å². The molecule has 4 aliphatic rings. The number of hydrogen-bond donors (Lipinski definition) is 0. The molecule has 3 heterocycles. The van der Waals surface area contributed by atoms with E-state index in [9.17, 15) is 4.79 Å². The van der Waals surface area contributed by atoms with E-state index < -0.39 is 10.1 Å². The van der Waals surface area contributed by atoms with E-state index in [-0.39, 0.29) is 24.3 Å². The molecule has 0 unspecified atom stereocenters. The first-order chi connectivity index (χ1) is 6.92. The maximum atomic E-state index is 11.7. The van der Waals surface area contributed by atoms with E-state index in [4.69, 9.17) is 14.2 Å². The van der Waals surface area contributed by atoms with Crippen molar-refractivity contribution in [3.05, 3.63) is 12.2 Å². The van der Waals surface area contributed by atoms with Gasteiger partial charge in [0.05, 0.1) is 0 Å².